The lowest BCUT2D eigenvalue weighted by atomic mass is 9.96. The molecule has 2 unspecified atom stereocenters. The molecule has 0 aliphatic heterocycles. The molecule has 0 radical (unpaired) electrons. The number of nitrogens with one attached hydrogen (secondary N) is 1. The van der Waals surface area contributed by atoms with E-state index in [1.165, 1.54) is 18.5 Å². The van der Waals surface area contributed by atoms with Gasteiger partial charge in [-0.15, -0.1) is 0 Å². The molecule has 2 atom stereocenters. The second kappa shape index (κ2) is 6.01. The molecule has 1 aromatic rings. The maximum atomic E-state index is 5.64. The van der Waals surface area contributed by atoms with Crippen molar-refractivity contribution >= 4 is 0 Å². The predicted molar refractivity (Wildman–Crippen MR) is 66.7 cm³/mol. The van der Waals surface area contributed by atoms with Gasteiger partial charge in [0.15, 0.2) is 0 Å². The van der Waals surface area contributed by atoms with Crippen LogP contribution in [0.15, 0.2) is 6.07 Å². The summed E-state index contributed by atoms with van der Waals surface area (Å²) in [5.74, 6) is 6.32. The Kier molecular flexibility index (Phi) is 4.96. The lowest BCUT2D eigenvalue weighted by Crippen LogP contribution is -2.30. The lowest BCUT2D eigenvalue weighted by molar-refractivity contribution is 0.380. The molecule has 0 fully saturated rings. The normalized spacial score (nSPS) is 15.1. The van der Waals surface area contributed by atoms with Crippen LogP contribution in [0.3, 0.4) is 0 Å². The number of hydrazine groups is 1. The Morgan fingerprint density at radius 3 is 2.69 bits per heavy atom. The molecule has 92 valence electrons. The van der Waals surface area contributed by atoms with Crippen molar-refractivity contribution in [2.24, 2.45) is 18.8 Å². The van der Waals surface area contributed by atoms with Crippen LogP contribution in [-0.2, 0) is 7.05 Å². The van der Waals surface area contributed by atoms with Gasteiger partial charge in [0.1, 0.15) is 0 Å². The molecule has 3 N–H and O–H groups in total. The quantitative estimate of drug-likeness (QED) is 0.574. The third kappa shape index (κ3) is 3.32. The zero-order valence-electron chi connectivity index (χ0n) is 10.8. The smallest absolute Gasteiger partial charge is 0.0631 e. The average Bonchev–Trinajstić information content (AvgIpc) is 2.55. The van der Waals surface area contributed by atoms with E-state index in [0.717, 1.165) is 12.1 Å². The van der Waals surface area contributed by atoms with Crippen LogP contribution < -0.4 is 11.3 Å². The summed E-state index contributed by atoms with van der Waals surface area (Å²) in [6.45, 7) is 6.50. The zero-order chi connectivity index (χ0) is 12.1. The molecule has 0 saturated carbocycles. The fraction of sp³-hybridized carbons (Fsp3) is 0.750. The lowest BCUT2D eigenvalue weighted by Gasteiger charge is -2.20. The number of hydrogen-bond donors (Lipinski definition) is 2. The summed E-state index contributed by atoms with van der Waals surface area (Å²) < 4.78 is 1.92. The van der Waals surface area contributed by atoms with Gasteiger partial charge in [0.2, 0.25) is 0 Å². The fourth-order valence-corrected chi connectivity index (χ4v) is 2.24. The summed E-state index contributed by atoms with van der Waals surface area (Å²) in [7, 11) is 1.97. The maximum Gasteiger partial charge on any atom is 0.0631 e. The molecule has 4 heteroatoms. The van der Waals surface area contributed by atoms with Crippen LogP contribution in [0.5, 0.6) is 0 Å². The van der Waals surface area contributed by atoms with Gasteiger partial charge in [0, 0.05) is 7.05 Å². The summed E-state index contributed by atoms with van der Waals surface area (Å²) in [4.78, 5) is 0. The van der Waals surface area contributed by atoms with Gasteiger partial charge < -0.3 is 0 Å². The van der Waals surface area contributed by atoms with Crippen LogP contribution in [0.2, 0.25) is 0 Å². The molecule has 1 heterocycles. The molecular formula is C12H24N4. The first-order valence-corrected chi connectivity index (χ1v) is 6.05. The molecule has 0 aromatic carbocycles. The number of nitrogens with zero attached hydrogens (tertiary/aromatic N) is 2. The van der Waals surface area contributed by atoms with Crippen molar-refractivity contribution in [3.63, 3.8) is 0 Å². The van der Waals surface area contributed by atoms with Crippen molar-refractivity contribution in [1.29, 1.82) is 0 Å². The van der Waals surface area contributed by atoms with Gasteiger partial charge in [-0.2, -0.15) is 5.10 Å². The standard InChI is InChI=1S/C12H24N4/c1-5-6-9(2)7-11(14-13)12-8-10(3)15-16(12)4/h8-9,11,14H,5-7,13H2,1-4H3. The highest BCUT2D eigenvalue weighted by molar-refractivity contribution is 5.12. The average molecular weight is 224 g/mol. The molecule has 1 rings (SSSR count). The first kappa shape index (κ1) is 13.2. The number of nitrogens with two attached hydrogens (primary N) is 1. The molecule has 0 saturated heterocycles. The highest BCUT2D eigenvalue weighted by atomic mass is 15.3. The number of aromatic nitrogens is 2. The van der Waals surface area contributed by atoms with Crippen molar-refractivity contribution in [1.82, 2.24) is 15.2 Å². The Bertz CT molecular complexity index is 319. The van der Waals surface area contributed by atoms with E-state index in [1.54, 1.807) is 0 Å². The Hall–Kier alpha value is -0.870. The number of rotatable bonds is 6. The van der Waals surface area contributed by atoms with Gasteiger partial charge >= 0.3 is 0 Å². The first-order valence-electron chi connectivity index (χ1n) is 6.05. The molecule has 4 nitrogen and oxygen atoms in total. The van der Waals surface area contributed by atoms with Crippen LogP contribution in [-0.4, -0.2) is 9.78 Å². The van der Waals surface area contributed by atoms with E-state index >= 15 is 0 Å². The van der Waals surface area contributed by atoms with Gasteiger partial charge in [-0.1, -0.05) is 26.7 Å². The van der Waals surface area contributed by atoms with Crippen LogP contribution in [0, 0.1) is 12.8 Å². The monoisotopic (exact) mass is 224 g/mol. The molecule has 16 heavy (non-hydrogen) atoms. The minimum atomic E-state index is 0.202. The van der Waals surface area contributed by atoms with Gasteiger partial charge in [-0.3, -0.25) is 16.0 Å². The molecule has 0 aliphatic rings. The largest absolute Gasteiger partial charge is 0.271 e. The van der Waals surface area contributed by atoms with E-state index in [0.29, 0.717) is 5.92 Å². The van der Waals surface area contributed by atoms with Crippen LogP contribution >= 0.6 is 0 Å². The van der Waals surface area contributed by atoms with Crippen molar-refractivity contribution in [3.05, 3.63) is 17.5 Å². The van der Waals surface area contributed by atoms with Crippen molar-refractivity contribution in [3.8, 4) is 0 Å². The van der Waals surface area contributed by atoms with E-state index in [1.807, 2.05) is 18.7 Å². The summed E-state index contributed by atoms with van der Waals surface area (Å²) in [6, 6.07) is 2.30. The molecule has 0 amide bonds. The summed E-state index contributed by atoms with van der Waals surface area (Å²) >= 11 is 0. The van der Waals surface area contributed by atoms with Crippen LogP contribution in [0.1, 0.15) is 50.5 Å². The van der Waals surface area contributed by atoms with E-state index < -0.39 is 0 Å². The maximum absolute atomic E-state index is 5.64. The molecule has 0 bridgehead atoms. The van der Waals surface area contributed by atoms with Crippen LogP contribution in [0.4, 0.5) is 0 Å². The Labute approximate surface area is 98.2 Å². The Balaban J connectivity index is 2.70. The van der Waals surface area contributed by atoms with E-state index in [9.17, 15) is 0 Å². The van der Waals surface area contributed by atoms with Gasteiger partial charge in [0.05, 0.1) is 17.4 Å². The van der Waals surface area contributed by atoms with Gasteiger partial charge in [-0.25, -0.2) is 0 Å². The Morgan fingerprint density at radius 2 is 2.25 bits per heavy atom. The van der Waals surface area contributed by atoms with Crippen molar-refractivity contribution < 1.29 is 0 Å². The number of hydrogen-bond acceptors (Lipinski definition) is 3. The second-order valence-corrected chi connectivity index (χ2v) is 4.68. The third-order valence-electron chi connectivity index (χ3n) is 3.02. The van der Waals surface area contributed by atoms with Crippen molar-refractivity contribution in [2.45, 2.75) is 46.1 Å². The Morgan fingerprint density at radius 1 is 1.56 bits per heavy atom. The molecule has 0 aliphatic carbocycles. The first-order chi connectivity index (χ1) is 7.58. The summed E-state index contributed by atoms with van der Waals surface area (Å²) in [5, 5.41) is 4.35. The highest BCUT2D eigenvalue weighted by Gasteiger charge is 2.17. The minimum absolute atomic E-state index is 0.202. The SMILES string of the molecule is CCCC(C)CC(NN)c1cc(C)nn1C. The minimum Gasteiger partial charge on any atom is -0.271 e. The molecule has 0 spiro atoms. The summed E-state index contributed by atoms with van der Waals surface area (Å²) in [5.41, 5.74) is 5.11. The van der Waals surface area contributed by atoms with Crippen molar-refractivity contribution in [2.75, 3.05) is 0 Å². The topological polar surface area (TPSA) is 55.9 Å². The molecule has 1 aromatic heterocycles. The second-order valence-electron chi connectivity index (χ2n) is 4.68. The zero-order valence-corrected chi connectivity index (χ0v) is 10.8. The van der Waals surface area contributed by atoms with E-state index in [2.05, 4.69) is 30.4 Å². The summed E-state index contributed by atoms with van der Waals surface area (Å²) in [6.07, 6.45) is 3.53. The van der Waals surface area contributed by atoms with Gasteiger partial charge in [-0.05, 0) is 25.3 Å². The molecular weight excluding hydrogens is 200 g/mol. The number of aryl methyl sites for hydroxylation is 2. The fourth-order valence-electron chi connectivity index (χ4n) is 2.24. The third-order valence-corrected chi connectivity index (χ3v) is 3.02. The predicted octanol–water partition coefficient (Wildman–Crippen LogP) is 2.06. The highest BCUT2D eigenvalue weighted by Crippen LogP contribution is 2.23. The van der Waals surface area contributed by atoms with E-state index in [-0.39, 0.29) is 6.04 Å². The van der Waals surface area contributed by atoms with E-state index in [4.69, 9.17) is 5.84 Å². The van der Waals surface area contributed by atoms with Crippen LogP contribution in [0.25, 0.3) is 0 Å². The van der Waals surface area contributed by atoms with Gasteiger partial charge in [0.25, 0.3) is 0 Å².